The van der Waals surface area contributed by atoms with E-state index in [4.69, 9.17) is 64.3 Å². The predicted octanol–water partition coefficient (Wildman–Crippen LogP) is 5.56. The van der Waals surface area contributed by atoms with Gasteiger partial charge in [-0.15, -0.1) is 10.1 Å². The number of hydrogen-bond donors (Lipinski definition) is 1. The number of halogens is 3. The zero-order chi connectivity index (χ0) is 24.1. The summed E-state index contributed by atoms with van der Waals surface area (Å²) in [6.45, 7) is 1.62. The van der Waals surface area contributed by atoms with Crippen LogP contribution >= 0.6 is 34.8 Å². The molecule has 0 unspecified atom stereocenters. The number of ether oxygens (including phenoxy) is 3. The first kappa shape index (κ1) is 26.3. The number of hydrogen-bond acceptors (Lipinski definition) is 6. The maximum absolute atomic E-state index is 8.36. The minimum atomic E-state index is -1.50. The van der Waals surface area contributed by atoms with E-state index in [9.17, 15) is 0 Å². The second-order valence-electron chi connectivity index (χ2n) is 6.13. The van der Waals surface area contributed by atoms with Crippen LogP contribution in [-0.2, 0) is 9.47 Å². The Labute approximate surface area is 204 Å². The van der Waals surface area contributed by atoms with Gasteiger partial charge in [0.1, 0.15) is 24.7 Å². The van der Waals surface area contributed by atoms with Crippen LogP contribution in [0.1, 0.15) is 5.56 Å². The fourth-order valence-electron chi connectivity index (χ4n) is 2.42. The van der Waals surface area contributed by atoms with Crippen molar-refractivity contribution in [2.45, 2.75) is 0 Å². The molecule has 1 aromatic heterocycles. The smallest absolute Gasteiger partial charge is 0.291 e. The predicted molar refractivity (Wildman–Crippen MR) is 125 cm³/mol. The summed E-state index contributed by atoms with van der Waals surface area (Å²) in [7, 11) is 0. The van der Waals surface area contributed by atoms with Gasteiger partial charge in [-0.1, -0.05) is 34.8 Å². The average Bonchev–Trinajstić information content (AvgIpc) is 3.26. The third-order valence-electron chi connectivity index (χ3n) is 3.78. The maximum Gasteiger partial charge on any atom is 0.291 e. The Kier molecular flexibility index (Phi) is 11.3. The molecule has 176 valence electrons. The summed E-state index contributed by atoms with van der Waals surface area (Å²) in [6.07, 6.45) is 6.95. The average molecular weight is 517 g/mol. The largest absolute Gasteiger partial charge is 0.491 e. The van der Waals surface area contributed by atoms with Crippen LogP contribution in [0.4, 0.5) is 0 Å². The molecule has 12 heteroatoms. The quantitative estimate of drug-likeness (QED) is 0.162. The molecule has 0 spiro atoms. The monoisotopic (exact) mass is 515 g/mol. The van der Waals surface area contributed by atoms with Gasteiger partial charge in [0.25, 0.3) is 5.09 Å². The van der Waals surface area contributed by atoms with Crippen molar-refractivity contribution in [1.29, 1.82) is 0 Å². The first-order valence-corrected chi connectivity index (χ1v) is 10.6. The molecule has 3 aromatic rings. The fraction of sp³-hybridized carbons (Fsp3) is 0.190. The van der Waals surface area contributed by atoms with Crippen LogP contribution in [0.2, 0.25) is 15.1 Å². The molecule has 0 radical (unpaired) electrons. The van der Waals surface area contributed by atoms with E-state index in [1.165, 1.54) is 0 Å². The van der Waals surface area contributed by atoms with Crippen LogP contribution in [0.25, 0.3) is 12.0 Å². The lowest BCUT2D eigenvalue weighted by atomic mass is 10.2. The molecule has 0 bridgehead atoms. The van der Waals surface area contributed by atoms with Gasteiger partial charge in [-0.05, 0) is 42.5 Å². The van der Waals surface area contributed by atoms with Crippen molar-refractivity contribution in [2.75, 3.05) is 26.4 Å². The van der Waals surface area contributed by atoms with Crippen molar-refractivity contribution >= 4 is 46.8 Å². The molecule has 33 heavy (non-hydrogen) atoms. The molecule has 0 amide bonds. The van der Waals surface area contributed by atoms with Crippen LogP contribution in [0.15, 0.2) is 61.2 Å². The lowest BCUT2D eigenvalue weighted by Crippen LogP contribution is -2.11. The van der Waals surface area contributed by atoms with Crippen molar-refractivity contribution in [1.82, 2.24) is 9.55 Å². The van der Waals surface area contributed by atoms with Gasteiger partial charge in [0, 0.05) is 28.0 Å². The van der Waals surface area contributed by atoms with Crippen LogP contribution in [-0.4, -0.2) is 46.3 Å². The van der Waals surface area contributed by atoms with Crippen molar-refractivity contribution in [3.63, 3.8) is 0 Å². The van der Waals surface area contributed by atoms with Crippen molar-refractivity contribution in [3.8, 4) is 5.75 Å². The standard InChI is InChI=1S/C21H19Cl3N2O3.HNO3/c22-16-1-4-18(5-2-16)28-11-9-27-10-12-29-21(14-26-8-7-25-15-26)19-6-3-17(23)13-20(19)24;2-1(3)4/h1-8,13-15H,9-12H2;(H,2,3,4). The van der Waals surface area contributed by atoms with E-state index in [2.05, 4.69) is 4.98 Å². The van der Waals surface area contributed by atoms with Crippen LogP contribution in [0, 0.1) is 10.1 Å². The van der Waals surface area contributed by atoms with Gasteiger partial charge in [0.15, 0.2) is 0 Å². The number of nitrogens with zero attached hydrogens (tertiary/aromatic N) is 3. The Morgan fingerprint density at radius 1 is 1.06 bits per heavy atom. The Hall–Kier alpha value is -2.98. The molecule has 0 aliphatic rings. The SMILES string of the molecule is Clc1ccc(OCCOCCOC(=Cn2ccnc2)c2ccc(Cl)cc2Cl)cc1.O=[N+]([O-])O. The highest BCUT2D eigenvalue weighted by molar-refractivity contribution is 6.35. The molecule has 2 aromatic carbocycles. The Morgan fingerprint density at radius 2 is 1.73 bits per heavy atom. The van der Waals surface area contributed by atoms with Gasteiger partial charge in [0.05, 0.1) is 30.8 Å². The summed E-state index contributed by atoms with van der Waals surface area (Å²) in [6, 6.07) is 12.4. The van der Waals surface area contributed by atoms with Gasteiger partial charge in [-0.2, -0.15) is 0 Å². The Bertz CT molecular complexity index is 1030. The molecule has 1 heterocycles. The minimum Gasteiger partial charge on any atom is -0.491 e. The minimum absolute atomic E-state index is 0.348. The number of rotatable bonds is 10. The topological polar surface area (TPSA) is 109 Å². The Morgan fingerprint density at radius 3 is 2.36 bits per heavy atom. The first-order chi connectivity index (χ1) is 15.8. The fourth-order valence-corrected chi connectivity index (χ4v) is 3.04. The molecule has 3 rings (SSSR count). The van der Waals surface area contributed by atoms with E-state index in [-0.39, 0.29) is 0 Å². The van der Waals surface area contributed by atoms with E-state index in [1.54, 1.807) is 53.8 Å². The summed E-state index contributed by atoms with van der Waals surface area (Å²) in [4.78, 5) is 12.4. The van der Waals surface area contributed by atoms with Crippen molar-refractivity contribution in [3.05, 3.63) is 91.9 Å². The molecular weight excluding hydrogens is 497 g/mol. The molecule has 0 atom stereocenters. The zero-order valence-electron chi connectivity index (χ0n) is 17.1. The number of imidazole rings is 1. The lowest BCUT2D eigenvalue weighted by molar-refractivity contribution is -0.742. The van der Waals surface area contributed by atoms with Crippen LogP contribution < -0.4 is 4.74 Å². The zero-order valence-corrected chi connectivity index (χ0v) is 19.4. The molecule has 0 saturated heterocycles. The molecular formula is C21H20Cl3N3O6. The number of benzene rings is 2. The van der Waals surface area contributed by atoms with Gasteiger partial charge in [0.2, 0.25) is 0 Å². The van der Waals surface area contributed by atoms with E-state index < -0.39 is 5.09 Å². The highest BCUT2D eigenvalue weighted by atomic mass is 35.5. The maximum atomic E-state index is 8.36. The Balaban J connectivity index is 0.000000890. The molecule has 0 saturated carbocycles. The second-order valence-corrected chi connectivity index (χ2v) is 7.41. The van der Waals surface area contributed by atoms with E-state index >= 15 is 0 Å². The van der Waals surface area contributed by atoms with Crippen molar-refractivity contribution in [2.24, 2.45) is 0 Å². The first-order valence-electron chi connectivity index (χ1n) is 9.42. The van der Waals surface area contributed by atoms with Gasteiger partial charge in [-0.3, -0.25) is 0 Å². The summed E-state index contributed by atoms with van der Waals surface area (Å²) in [5, 5.41) is 15.4. The van der Waals surface area contributed by atoms with Gasteiger partial charge >= 0.3 is 0 Å². The lowest BCUT2D eigenvalue weighted by Gasteiger charge is -2.13. The molecule has 0 fully saturated rings. The van der Waals surface area contributed by atoms with Crippen molar-refractivity contribution < 1.29 is 24.5 Å². The van der Waals surface area contributed by atoms with Gasteiger partial charge < -0.3 is 24.0 Å². The van der Waals surface area contributed by atoms with E-state index in [1.807, 2.05) is 18.2 Å². The third kappa shape index (κ3) is 10.5. The van der Waals surface area contributed by atoms with E-state index in [0.717, 1.165) is 11.3 Å². The van der Waals surface area contributed by atoms with E-state index in [0.29, 0.717) is 47.3 Å². The molecule has 0 aliphatic heterocycles. The van der Waals surface area contributed by atoms with Gasteiger partial charge in [-0.25, -0.2) is 4.98 Å². The molecule has 1 N–H and O–H groups in total. The summed E-state index contributed by atoms with van der Waals surface area (Å²) >= 11 is 18.2. The number of aromatic nitrogens is 2. The highest BCUT2D eigenvalue weighted by Gasteiger charge is 2.09. The molecule has 9 nitrogen and oxygen atoms in total. The third-order valence-corrected chi connectivity index (χ3v) is 4.58. The van der Waals surface area contributed by atoms with Crippen LogP contribution in [0.3, 0.4) is 0 Å². The summed E-state index contributed by atoms with van der Waals surface area (Å²) in [5.41, 5.74) is 0.732. The summed E-state index contributed by atoms with van der Waals surface area (Å²) < 4.78 is 18.8. The second kappa shape index (κ2) is 14.2. The normalized spacial score (nSPS) is 10.8. The highest BCUT2D eigenvalue weighted by Crippen LogP contribution is 2.28. The molecule has 0 aliphatic carbocycles. The summed E-state index contributed by atoms with van der Waals surface area (Å²) in [5.74, 6) is 1.34. The van der Waals surface area contributed by atoms with Crippen LogP contribution in [0.5, 0.6) is 5.75 Å².